The van der Waals surface area contributed by atoms with Crippen LogP contribution < -0.4 is 0 Å². The fourth-order valence-corrected chi connectivity index (χ4v) is 3.39. The minimum Gasteiger partial charge on any atom is -0.297 e. The molecule has 96 valence electrons. The molecule has 1 aliphatic rings. The predicted molar refractivity (Wildman–Crippen MR) is 68.4 cm³/mol. The second-order valence-corrected chi connectivity index (χ2v) is 5.85. The normalized spacial score (nSPS) is 18.2. The molecule has 1 aromatic carbocycles. The maximum atomic E-state index is 12.3. The molecular weight excluding hydrogens is 252 g/mol. The fraction of sp³-hybridized carbons (Fsp3) is 0.333. The summed E-state index contributed by atoms with van der Waals surface area (Å²) in [5, 5.41) is 0. The van der Waals surface area contributed by atoms with Crippen LogP contribution in [0.15, 0.2) is 34.2 Å². The third-order valence-electron chi connectivity index (χ3n) is 2.93. The van der Waals surface area contributed by atoms with Gasteiger partial charge in [0, 0.05) is 6.42 Å². The fourth-order valence-electron chi connectivity index (χ4n) is 1.82. The first-order valence-corrected chi connectivity index (χ1v) is 7.12. The minimum atomic E-state index is -3.67. The molecule has 0 saturated heterocycles. The summed E-state index contributed by atoms with van der Waals surface area (Å²) in [7, 11) is -3.67. The highest BCUT2D eigenvalue weighted by Gasteiger charge is 2.33. The van der Waals surface area contributed by atoms with Crippen molar-refractivity contribution in [3.8, 4) is 0 Å². The highest BCUT2D eigenvalue weighted by Crippen LogP contribution is 2.31. The van der Waals surface area contributed by atoms with Crippen molar-refractivity contribution in [2.75, 3.05) is 0 Å². The standard InChI is InChI=1S/C12H14N2O3S/c1-3-11(15)9(2)14-8-13-10-6-4-5-7-12(10)18(14,16)17/h4-9H,3H2,1-2H3. The van der Waals surface area contributed by atoms with E-state index in [1.807, 2.05) is 0 Å². The van der Waals surface area contributed by atoms with E-state index in [0.29, 0.717) is 12.1 Å². The molecule has 18 heavy (non-hydrogen) atoms. The molecule has 1 heterocycles. The Labute approximate surface area is 106 Å². The molecule has 1 aliphatic heterocycles. The molecule has 0 saturated carbocycles. The van der Waals surface area contributed by atoms with Crippen molar-refractivity contribution in [1.29, 1.82) is 0 Å². The quantitative estimate of drug-likeness (QED) is 0.836. The Balaban J connectivity index is 2.48. The lowest BCUT2D eigenvalue weighted by Crippen LogP contribution is -2.43. The Morgan fingerprint density at radius 2 is 2.06 bits per heavy atom. The van der Waals surface area contributed by atoms with Crippen LogP contribution in [0.25, 0.3) is 0 Å². The molecule has 0 radical (unpaired) electrons. The Kier molecular flexibility index (Phi) is 3.21. The number of carbonyl (C=O) groups is 1. The molecule has 2 rings (SSSR count). The number of rotatable bonds is 3. The van der Waals surface area contributed by atoms with Gasteiger partial charge < -0.3 is 0 Å². The smallest absolute Gasteiger partial charge is 0.267 e. The number of fused-ring (bicyclic) bond motifs is 1. The molecule has 0 fully saturated rings. The number of Topliss-reactive ketones (excluding diaryl/α,β-unsaturated/α-hetero) is 1. The van der Waals surface area contributed by atoms with E-state index >= 15 is 0 Å². The van der Waals surface area contributed by atoms with Crippen LogP contribution in [0.4, 0.5) is 5.69 Å². The topological polar surface area (TPSA) is 66.8 Å². The number of hydrogen-bond donors (Lipinski definition) is 0. The van der Waals surface area contributed by atoms with Gasteiger partial charge in [-0.2, -0.15) is 0 Å². The van der Waals surface area contributed by atoms with Crippen molar-refractivity contribution in [1.82, 2.24) is 4.31 Å². The van der Waals surface area contributed by atoms with Crippen molar-refractivity contribution >= 4 is 27.8 Å². The molecule has 0 aromatic heterocycles. The molecule has 1 unspecified atom stereocenters. The van der Waals surface area contributed by atoms with Gasteiger partial charge in [-0.1, -0.05) is 19.1 Å². The van der Waals surface area contributed by atoms with Crippen molar-refractivity contribution < 1.29 is 13.2 Å². The second kappa shape index (κ2) is 4.53. The van der Waals surface area contributed by atoms with Gasteiger partial charge in [0.1, 0.15) is 17.3 Å². The van der Waals surface area contributed by atoms with E-state index in [4.69, 9.17) is 0 Å². The average Bonchev–Trinajstić information content (AvgIpc) is 2.37. The Bertz CT molecular complexity index is 608. The lowest BCUT2D eigenvalue weighted by molar-refractivity contribution is -0.121. The van der Waals surface area contributed by atoms with Gasteiger partial charge in [0.25, 0.3) is 10.0 Å². The molecule has 0 amide bonds. The number of ketones is 1. The largest absolute Gasteiger partial charge is 0.297 e. The van der Waals surface area contributed by atoms with Crippen molar-refractivity contribution in [2.45, 2.75) is 31.2 Å². The van der Waals surface area contributed by atoms with Crippen LogP contribution in [0, 0.1) is 0 Å². The van der Waals surface area contributed by atoms with Crippen LogP contribution in [0.5, 0.6) is 0 Å². The van der Waals surface area contributed by atoms with E-state index in [9.17, 15) is 13.2 Å². The molecule has 1 atom stereocenters. The number of para-hydroxylation sites is 1. The monoisotopic (exact) mass is 266 g/mol. The zero-order valence-corrected chi connectivity index (χ0v) is 11.0. The van der Waals surface area contributed by atoms with E-state index in [1.54, 1.807) is 32.0 Å². The van der Waals surface area contributed by atoms with Gasteiger partial charge in [0.2, 0.25) is 0 Å². The molecular formula is C12H14N2O3S. The van der Waals surface area contributed by atoms with Crippen LogP contribution >= 0.6 is 0 Å². The lowest BCUT2D eigenvalue weighted by atomic mass is 10.2. The Hall–Kier alpha value is -1.69. The molecule has 0 bridgehead atoms. The van der Waals surface area contributed by atoms with Gasteiger partial charge in [-0.15, -0.1) is 0 Å². The predicted octanol–water partition coefficient (Wildman–Crippen LogP) is 1.72. The van der Waals surface area contributed by atoms with E-state index in [2.05, 4.69) is 4.99 Å². The summed E-state index contributed by atoms with van der Waals surface area (Å²) in [4.78, 5) is 15.9. The van der Waals surface area contributed by atoms with Crippen LogP contribution in [0.2, 0.25) is 0 Å². The number of aliphatic imine (C=N–C) groups is 1. The van der Waals surface area contributed by atoms with Crippen molar-refractivity contribution in [3.05, 3.63) is 24.3 Å². The molecule has 5 nitrogen and oxygen atoms in total. The van der Waals surface area contributed by atoms with Crippen LogP contribution in [0.1, 0.15) is 20.3 Å². The van der Waals surface area contributed by atoms with Crippen molar-refractivity contribution in [2.24, 2.45) is 4.99 Å². The van der Waals surface area contributed by atoms with E-state index in [-0.39, 0.29) is 10.7 Å². The maximum absolute atomic E-state index is 12.3. The van der Waals surface area contributed by atoms with E-state index < -0.39 is 16.1 Å². The number of sulfonamides is 1. The number of carbonyl (C=O) groups excluding carboxylic acids is 1. The minimum absolute atomic E-state index is 0.135. The van der Waals surface area contributed by atoms with Gasteiger partial charge >= 0.3 is 0 Å². The molecule has 1 aromatic rings. The van der Waals surface area contributed by atoms with Gasteiger partial charge in [-0.05, 0) is 19.1 Å². The summed E-state index contributed by atoms with van der Waals surface area (Å²) < 4.78 is 25.7. The molecule has 0 spiro atoms. The lowest BCUT2D eigenvalue weighted by Gasteiger charge is -2.28. The summed E-state index contributed by atoms with van der Waals surface area (Å²) in [6.45, 7) is 3.28. The summed E-state index contributed by atoms with van der Waals surface area (Å²) in [5.74, 6) is -0.135. The third-order valence-corrected chi connectivity index (χ3v) is 4.79. The number of hydrogen-bond acceptors (Lipinski definition) is 4. The zero-order chi connectivity index (χ0) is 13.3. The van der Waals surface area contributed by atoms with Crippen molar-refractivity contribution in [3.63, 3.8) is 0 Å². The molecule has 0 N–H and O–H groups in total. The number of benzene rings is 1. The highest BCUT2D eigenvalue weighted by atomic mass is 32.2. The van der Waals surface area contributed by atoms with E-state index in [1.165, 1.54) is 12.4 Å². The summed E-state index contributed by atoms with van der Waals surface area (Å²) >= 11 is 0. The van der Waals surface area contributed by atoms with Crippen LogP contribution in [-0.2, 0) is 14.8 Å². The van der Waals surface area contributed by atoms with Gasteiger partial charge in [0.15, 0.2) is 5.78 Å². The first-order chi connectivity index (χ1) is 8.48. The van der Waals surface area contributed by atoms with Crippen LogP contribution in [-0.4, -0.2) is 30.9 Å². The maximum Gasteiger partial charge on any atom is 0.267 e. The average molecular weight is 266 g/mol. The SMILES string of the molecule is CCC(=O)C(C)N1C=Nc2ccccc2S1(=O)=O. The third kappa shape index (κ3) is 1.92. The second-order valence-electron chi connectivity index (χ2n) is 4.04. The molecule has 0 aliphatic carbocycles. The zero-order valence-electron chi connectivity index (χ0n) is 10.2. The summed E-state index contributed by atoms with van der Waals surface area (Å²) in [6.07, 6.45) is 1.51. The highest BCUT2D eigenvalue weighted by molar-refractivity contribution is 7.89. The molecule has 6 heteroatoms. The first kappa shape index (κ1) is 12.8. The van der Waals surface area contributed by atoms with Gasteiger partial charge in [0.05, 0.1) is 5.69 Å². The van der Waals surface area contributed by atoms with Crippen LogP contribution in [0.3, 0.4) is 0 Å². The van der Waals surface area contributed by atoms with Gasteiger partial charge in [-0.3, -0.25) is 4.79 Å². The summed E-state index contributed by atoms with van der Waals surface area (Å²) in [5.41, 5.74) is 0.407. The van der Waals surface area contributed by atoms with E-state index in [0.717, 1.165) is 4.31 Å². The Morgan fingerprint density at radius 1 is 1.39 bits per heavy atom. The summed E-state index contributed by atoms with van der Waals surface area (Å²) in [6, 6.07) is 5.77. The van der Waals surface area contributed by atoms with Gasteiger partial charge in [-0.25, -0.2) is 17.7 Å². The Morgan fingerprint density at radius 3 is 2.72 bits per heavy atom. The first-order valence-electron chi connectivity index (χ1n) is 5.68. The number of nitrogens with zero attached hydrogens (tertiary/aromatic N) is 2.